The zero-order chi connectivity index (χ0) is 62.3. The highest BCUT2D eigenvalue weighted by molar-refractivity contribution is 5.80. The van der Waals surface area contributed by atoms with Crippen molar-refractivity contribution >= 4 is 5.97 Å². The SMILES string of the molecule is C[C@@H]1O[C@@H](O[C@H]2CO[C@@H](O[C@@H]3[C@@H](O)[C@H](C)O[C@@H](OC(=O)[C@]45CCC(C)(C)C[C@H]4C4=CC[C@@H]6[C@@]7(C)C[C@H](O)[C@H](O[C@@H]8O[C@H](CO)[C@@H](O)[C@H](O)[C@H]8O)[C@@](C)(O)[C@@H]7CC[C@@]6(C)[C@]4(C)C[C@H]5O)[C@@H]3O)[C@H](O)[C@H]2O)[C@H](O[C@@H]2O[C@H](C)[C@H](O)[C@H](O)[C@H]2O)[C@H](O)[C@H]1O. The average Bonchev–Trinajstić information content (AvgIpc) is 0.728. The Morgan fingerprint density at radius 3 is 1.80 bits per heavy atom. The first-order valence-electron chi connectivity index (χ1n) is 30.2. The first-order chi connectivity index (χ1) is 39.6. The number of aliphatic hydroxyl groups is 16. The van der Waals surface area contributed by atoms with Gasteiger partial charge in [-0.05, 0) is 118 Å². The molecule has 5 aliphatic heterocycles. The van der Waals surface area contributed by atoms with Crippen molar-refractivity contribution in [3.05, 3.63) is 11.6 Å². The van der Waals surface area contributed by atoms with E-state index >= 15 is 4.79 Å². The van der Waals surface area contributed by atoms with Crippen molar-refractivity contribution in [1.82, 2.24) is 0 Å². The van der Waals surface area contributed by atoms with Crippen LogP contribution in [0.5, 0.6) is 0 Å². The lowest BCUT2D eigenvalue weighted by Gasteiger charge is -2.71. The summed E-state index contributed by atoms with van der Waals surface area (Å²) in [6.45, 7) is 15.2. The van der Waals surface area contributed by atoms with Crippen LogP contribution in [0.3, 0.4) is 0 Å². The minimum absolute atomic E-state index is 0.119. The predicted molar refractivity (Wildman–Crippen MR) is 285 cm³/mol. The Balaban J connectivity index is 0.838. The summed E-state index contributed by atoms with van der Waals surface area (Å²) in [5, 5.41) is 179. The molecule has 10 aliphatic rings. The number of fused-ring (bicyclic) bond motifs is 7. The Morgan fingerprint density at radius 1 is 0.565 bits per heavy atom. The van der Waals surface area contributed by atoms with E-state index in [2.05, 4.69) is 40.7 Å². The number of hydrogen-bond acceptors (Lipinski definition) is 27. The molecule has 0 amide bonds. The molecule has 85 heavy (non-hydrogen) atoms. The number of aliphatic hydroxyl groups excluding tert-OH is 15. The fourth-order valence-electron chi connectivity index (χ4n) is 17.4. The van der Waals surface area contributed by atoms with E-state index in [4.69, 9.17) is 47.4 Å². The third-order valence-corrected chi connectivity index (χ3v) is 22.7. The Bertz CT molecular complexity index is 2400. The summed E-state index contributed by atoms with van der Waals surface area (Å²) < 4.78 is 58.9. The van der Waals surface area contributed by atoms with Gasteiger partial charge in [-0.15, -0.1) is 0 Å². The summed E-state index contributed by atoms with van der Waals surface area (Å²) in [4.78, 5) is 15.3. The summed E-state index contributed by atoms with van der Waals surface area (Å²) in [5.41, 5.74) is -4.67. The van der Waals surface area contributed by atoms with Crippen molar-refractivity contribution in [1.29, 1.82) is 0 Å². The van der Waals surface area contributed by atoms with Gasteiger partial charge in [0.05, 0.1) is 49.3 Å². The molecule has 0 aromatic carbocycles. The third kappa shape index (κ3) is 10.8. The van der Waals surface area contributed by atoms with Crippen LogP contribution in [-0.4, -0.2) is 272 Å². The van der Waals surface area contributed by atoms with Crippen LogP contribution in [0.1, 0.15) is 114 Å². The molecule has 4 saturated carbocycles. The molecule has 27 nitrogen and oxygen atoms in total. The molecule has 27 heteroatoms. The molecule has 5 saturated heterocycles. The highest BCUT2D eigenvalue weighted by Crippen LogP contribution is 2.75. The molecule has 0 unspecified atom stereocenters. The van der Waals surface area contributed by atoms with Crippen LogP contribution in [0, 0.1) is 44.8 Å². The maximum absolute atomic E-state index is 15.3. The number of carbonyl (C=O) groups is 1. The molecule has 0 radical (unpaired) electrons. The Hall–Kier alpha value is -1.79. The molecule has 5 aliphatic carbocycles. The largest absolute Gasteiger partial charge is 0.432 e. The second-order valence-electron chi connectivity index (χ2n) is 28.3. The topological polar surface area (TPSA) is 433 Å². The zero-order valence-corrected chi connectivity index (χ0v) is 49.6. The second kappa shape index (κ2) is 23.7. The Morgan fingerprint density at radius 2 is 1.14 bits per heavy atom. The molecule has 488 valence electrons. The molecular formula is C58H94O27. The molecule has 35 atom stereocenters. The van der Waals surface area contributed by atoms with E-state index in [0.717, 1.165) is 5.57 Å². The summed E-state index contributed by atoms with van der Waals surface area (Å²) in [6, 6.07) is 0. The van der Waals surface area contributed by atoms with Gasteiger partial charge in [-0.25, -0.2) is 0 Å². The average molecular weight is 1220 g/mol. The standard InChI is InChI=1S/C58H94O27/c1-21-32(62)37(67)41(71)48(77-21)83-45-39(69)33(63)22(2)79-51(45)81-28-20-76-47(40(70)36(28)66)82-44-34(64)23(3)78-50(43(44)73)85-52(74)58-15-14-53(4,5)16-25(58)24-10-11-29-54(6)17-26(60)46(84-49-42(72)38(68)35(65)27(19-59)80-49)57(9,75)30(54)12-13-55(29,7)56(24,8)18-31(58)61/h10,21-23,25-51,59-73,75H,11-20H2,1-9H3/t21-,22+,23+,25+,26+,27-,28+,29-,30-,31-,32+,33+,34+,35-,36+,37+,38+,39-,40-,41-,42-,43-,44-,45-,46+,47+,48+,49+,50+,51+,54-,55-,56-,57+,58-/m1/s1. The molecule has 0 spiro atoms. The van der Waals surface area contributed by atoms with E-state index in [1.165, 1.54) is 20.8 Å². The van der Waals surface area contributed by atoms with Gasteiger partial charge in [0, 0.05) is 0 Å². The van der Waals surface area contributed by atoms with Gasteiger partial charge in [0.25, 0.3) is 0 Å². The lowest BCUT2D eigenvalue weighted by Crippen LogP contribution is -2.72. The minimum atomic E-state index is -1.96. The van der Waals surface area contributed by atoms with Crippen molar-refractivity contribution in [3.63, 3.8) is 0 Å². The molecule has 5 heterocycles. The van der Waals surface area contributed by atoms with Crippen LogP contribution in [0.25, 0.3) is 0 Å². The van der Waals surface area contributed by atoms with Crippen LogP contribution in [0.15, 0.2) is 11.6 Å². The van der Waals surface area contributed by atoms with Crippen LogP contribution in [0.2, 0.25) is 0 Å². The number of carbonyl (C=O) groups excluding carboxylic acids is 1. The first kappa shape index (κ1) is 66.1. The molecule has 0 bridgehead atoms. The second-order valence-corrected chi connectivity index (χ2v) is 28.3. The van der Waals surface area contributed by atoms with Gasteiger partial charge < -0.3 is 129 Å². The van der Waals surface area contributed by atoms with E-state index in [-0.39, 0.29) is 30.6 Å². The van der Waals surface area contributed by atoms with Gasteiger partial charge in [-0.1, -0.05) is 46.3 Å². The number of hydrogen-bond donors (Lipinski definition) is 16. The lowest BCUT2D eigenvalue weighted by molar-refractivity contribution is -0.382. The number of esters is 1. The number of rotatable bonds is 11. The maximum Gasteiger partial charge on any atom is 0.317 e. The van der Waals surface area contributed by atoms with Crippen LogP contribution >= 0.6 is 0 Å². The van der Waals surface area contributed by atoms with Crippen molar-refractivity contribution in [3.8, 4) is 0 Å². The summed E-state index contributed by atoms with van der Waals surface area (Å²) in [5.74, 6) is -2.08. The summed E-state index contributed by atoms with van der Waals surface area (Å²) in [7, 11) is 0. The van der Waals surface area contributed by atoms with Gasteiger partial charge in [0.1, 0.15) is 109 Å². The third-order valence-electron chi connectivity index (χ3n) is 22.7. The molecule has 0 aromatic rings. The van der Waals surface area contributed by atoms with Gasteiger partial charge in [0.2, 0.25) is 6.29 Å². The fraction of sp³-hybridized carbons (Fsp3) is 0.948. The summed E-state index contributed by atoms with van der Waals surface area (Å²) in [6.07, 6.45) is -37.3. The zero-order valence-electron chi connectivity index (χ0n) is 49.6. The van der Waals surface area contributed by atoms with Gasteiger partial charge in [0.15, 0.2) is 25.2 Å². The Labute approximate surface area is 493 Å². The first-order valence-corrected chi connectivity index (χ1v) is 30.2. The maximum atomic E-state index is 15.3. The highest BCUT2D eigenvalue weighted by Gasteiger charge is 2.73. The van der Waals surface area contributed by atoms with E-state index < -0.39 is 224 Å². The predicted octanol–water partition coefficient (Wildman–Crippen LogP) is -3.82. The smallest absolute Gasteiger partial charge is 0.317 e. The van der Waals surface area contributed by atoms with Gasteiger partial charge in [-0.3, -0.25) is 4.79 Å². The van der Waals surface area contributed by atoms with E-state index in [1.54, 1.807) is 6.92 Å². The van der Waals surface area contributed by atoms with Crippen LogP contribution in [-0.2, 0) is 52.2 Å². The van der Waals surface area contributed by atoms with Crippen LogP contribution in [0.4, 0.5) is 0 Å². The monoisotopic (exact) mass is 1220 g/mol. The molecule has 10 rings (SSSR count). The quantitative estimate of drug-likeness (QED) is 0.0535. The molecule has 16 N–H and O–H groups in total. The van der Waals surface area contributed by atoms with Gasteiger partial charge >= 0.3 is 5.97 Å². The van der Waals surface area contributed by atoms with Crippen LogP contribution < -0.4 is 0 Å². The van der Waals surface area contributed by atoms with E-state index in [0.29, 0.717) is 32.1 Å². The fourth-order valence-corrected chi connectivity index (χ4v) is 17.4. The van der Waals surface area contributed by atoms with Crippen molar-refractivity contribution in [2.24, 2.45) is 44.8 Å². The Kier molecular flexibility index (Phi) is 18.5. The van der Waals surface area contributed by atoms with Crippen molar-refractivity contribution in [2.75, 3.05) is 13.2 Å². The molecule has 9 fully saturated rings. The normalized spacial score (nSPS) is 57.0. The molecule has 0 aromatic heterocycles. The highest BCUT2D eigenvalue weighted by atomic mass is 16.8. The number of allylic oxidation sites excluding steroid dienone is 2. The van der Waals surface area contributed by atoms with E-state index in [9.17, 15) is 81.7 Å². The lowest BCUT2D eigenvalue weighted by atomic mass is 9.33. The molecular weight excluding hydrogens is 1130 g/mol. The van der Waals surface area contributed by atoms with Crippen molar-refractivity contribution < 1.29 is 134 Å². The van der Waals surface area contributed by atoms with Crippen molar-refractivity contribution in [2.45, 2.75) is 285 Å². The van der Waals surface area contributed by atoms with Gasteiger partial charge in [-0.2, -0.15) is 0 Å². The minimum Gasteiger partial charge on any atom is -0.432 e. The number of ether oxygens (including phenoxy) is 10. The van der Waals surface area contributed by atoms with E-state index in [1.807, 2.05) is 0 Å². The summed E-state index contributed by atoms with van der Waals surface area (Å²) >= 11 is 0.